The number of hydrogen-bond donors (Lipinski definition) is 2. The second-order valence-electron chi connectivity index (χ2n) is 5.25. The molecule has 0 fully saturated rings. The first-order chi connectivity index (χ1) is 11.1. The van der Waals surface area contributed by atoms with Crippen LogP contribution in [0.25, 0.3) is 0 Å². The molecule has 2 rings (SSSR count). The Bertz CT molecular complexity index is 641. The highest BCUT2D eigenvalue weighted by Gasteiger charge is 2.14. The van der Waals surface area contributed by atoms with Gasteiger partial charge in [-0.15, -0.1) is 10.2 Å². The standard InChI is InChI=1S/C17H21ClN4O/c1-3-12(4-2)17(23)20-16-10-9-15(21-22-16)19-11-13-7-5-6-8-14(13)18/h5-10,12H,3-4,11H2,1-2H3,(H,19,21)(H,20,22,23). The van der Waals surface area contributed by atoms with E-state index >= 15 is 0 Å². The van der Waals surface area contributed by atoms with Crippen molar-refractivity contribution in [2.24, 2.45) is 5.92 Å². The van der Waals surface area contributed by atoms with E-state index in [9.17, 15) is 4.79 Å². The summed E-state index contributed by atoms with van der Waals surface area (Å²) >= 11 is 6.11. The fourth-order valence-corrected chi connectivity index (χ4v) is 2.41. The van der Waals surface area contributed by atoms with Gasteiger partial charge in [-0.05, 0) is 36.6 Å². The number of halogens is 1. The third-order valence-electron chi connectivity index (χ3n) is 3.69. The van der Waals surface area contributed by atoms with Crippen LogP contribution in [0, 0.1) is 5.92 Å². The van der Waals surface area contributed by atoms with Crippen LogP contribution < -0.4 is 10.6 Å². The number of carbonyl (C=O) groups is 1. The van der Waals surface area contributed by atoms with Crippen molar-refractivity contribution in [2.75, 3.05) is 10.6 Å². The molecule has 0 spiro atoms. The number of anilines is 2. The minimum atomic E-state index is -0.0129. The van der Waals surface area contributed by atoms with E-state index in [0.717, 1.165) is 18.4 Å². The van der Waals surface area contributed by atoms with Crippen molar-refractivity contribution >= 4 is 29.1 Å². The molecule has 0 aliphatic heterocycles. The molecule has 1 aromatic heterocycles. The van der Waals surface area contributed by atoms with Crippen molar-refractivity contribution in [3.8, 4) is 0 Å². The lowest BCUT2D eigenvalue weighted by Crippen LogP contribution is -2.22. The Balaban J connectivity index is 1.92. The van der Waals surface area contributed by atoms with Crippen LogP contribution in [0.1, 0.15) is 32.3 Å². The molecule has 0 atom stereocenters. The second-order valence-corrected chi connectivity index (χ2v) is 5.66. The maximum Gasteiger partial charge on any atom is 0.228 e. The monoisotopic (exact) mass is 332 g/mol. The van der Waals surface area contributed by atoms with E-state index in [4.69, 9.17) is 11.6 Å². The Kier molecular flexibility index (Phi) is 6.35. The molecular formula is C17H21ClN4O. The smallest absolute Gasteiger partial charge is 0.228 e. The number of nitrogens with zero attached hydrogens (tertiary/aromatic N) is 2. The lowest BCUT2D eigenvalue weighted by molar-refractivity contribution is -0.120. The average Bonchev–Trinajstić information content (AvgIpc) is 2.56. The average molecular weight is 333 g/mol. The second kappa shape index (κ2) is 8.48. The van der Waals surface area contributed by atoms with Crippen LogP contribution in [-0.2, 0) is 11.3 Å². The molecule has 122 valence electrons. The van der Waals surface area contributed by atoms with E-state index in [1.165, 1.54) is 0 Å². The Morgan fingerprint density at radius 3 is 2.35 bits per heavy atom. The van der Waals surface area contributed by atoms with Crippen LogP contribution in [0.15, 0.2) is 36.4 Å². The Morgan fingerprint density at radius 2 is 1.74 bits per heavy atom. The third kappa shape index (κ3) is 4.93. The molecule has 0 bridgehead atoms. The molecule has 0 saturated heterocycles. The summed E-state index contributed by atoms with van der Waals surface area (Å²) in [6, 6.07) is 11.1. The summed E-state index contributed by atoms with van der Waals surface area (Å²) in [5.74, 6) is 1.09. The highest BCUT2D eigenvalue weighted by Crippen LogP contribution is 2.17. The Hall–Kier alpha value is -2.14. The van der Waals surface area contributed by atoms with Crippen molar-refractivity contribution < 1.29 is 4.79 Å². The number of aromatic nitrogens is 2. The van der Waals surface area contributed by atoms with Gasteiger partial charge in [0.25, 0.3) is 0 Å². The van der Waals surface area contributed by atoms with Crippen LogP contribution in [0.3, 0.4) is 0 Å². The van der Waals surface area contributed by atoms with Crippen LogP contribution in [0.5, 0.6) is 0 Å². The molecule has 2 aromatic rings. The molecule has 1 aromatic carbocycles. The lowest BCUT2D eigenvalue weighted by atomic mass is 10.0. The largest absolute Gasteiger partial charge is 0.364 e. The van der Waals surface area contributed by atoms with Gasteiger partial charge in [0.2, 0.25) is 5.91 Å². The van der Waals surface area contributed by atoms with Crippen LogP contribution in [-0.4, -0.2) is 16.1 Å². The molecule has 0 aliphatic carbocycles. The van der Waals surface area contributed by atoms with Crippen LogP contribution in [0.2, 0.25) is 5.02 Å². The van der Waals surface area contributed by atoms with Crippen molar-refractivity contribution in [3.05, 3.63) is 47.0 Å². The first-order valence-corrected chi connectivity index (χ1v) is 8.13. The zero-order valence-electron chi connectivity index (χ0n) is 13.3. The normalized spacial score (nSPS) is 10.6. The number of benzene rings is 1. The first-order valence-electron chi connectivity index (χ1n) is 7.75. The zero-order valence-corrected chi connectivity index (χ0v) is 14.1. The number of hydrogen-bond acceptors (Lipinski definition) is 4. The van der Waals surface area contributed by atoms with E-state index in [1.54, 1.807) is 12.1 Å². The van der Waals surface area contributed by atoms with Gasteiger partial charge < -0.3 is 10.6 Å². The predicted octanol–water partition coefficient (Wildman–Crippen LogP) is 4.12. The number of amides is 1. The molecule has 0 unspecified atom stereocenters. The van der Waals surface area contributed by atoms with Gasteiger partial charge in [0.15, 0.2) is 5.82 Å². The number of rotatable bonds is 7. The highest BCUT2D eigenvalue weighted by molar-refractivity contribution is 6.31. The lowest BCUT2D eigenvalue weighted by Gasteiger charge is -2.12. The molecule has 6 heteroatoms. The topological polar surface area (TPSA) is 66.9 Å². The maximum atomic E-state index is 12.0. The minimum Gasteiger partial charge on any atom is -0.364 e. The van der Waals surface area contributed by atoms with Gasteiger partial charge in [-0.25, -0.2) is 0 Å². The van der Waals surface area contributed by atoms with Crippen LogP contribution in [0.4, 0.5) is 11.6 Å². The van der Waals surface area contributed by atoms with Gasteiger partial charge in [-0.3, -0.25) is 4.79 Å². The molecule has 0 aliphatic rings. The summed E-state index contributed by atoms with van der Waals surface area (Å²) in [5, 5.41) is 14.8. The molecule has 5 nitrogen and oxygen atoms in total. The molecule has 2 N–H and O–H groups in total. The van der Waals surface area contributed by atoms with E-state index in [-0.39, 0.29) is 11.8 Å². The van der Waals surface area contributed by atoms with Crippen LogP contribution >= 0.6 is 11.6 Å². The summed E-state index contributed by atoms with van der Waals surface area (Å²) in [4.78, 5) is 12.0. The van der Waals surface area contributed by atoms with Crippen molar-refractivity contribution in [1.82, 2.24) is 10.2 Å². The number of carbonyl (C=O) groups excluding carboxylic acids is 1. The Morgan fingerprint density at radius 1 is 1.09 bits per heavy atom. The quantitative estimate of drug-likeness (QED) is 0.800. The summed E-state index contributed by atoms with van der Waals surface area (Å²) in [6.07, 6.45) is 1.63. The SMILES string of the molecule is CCC(CC)C(=O)Nc1ccc(NCc2ccccc2Cl)nn1. The van der Waals surface area contributed by atoms with Gasteiger partial charge in [0.05, 0.1) is 0 Å². The first kappa shape index (κ1) is 17.2. The van der Waals surface area contributed by atoms with Gasteiger partial charge in [-0.1, -0.05) is 43.6 Å². The van der Waals surface area contributed by atoms with Gasteiger partial charge in [-0.2, -0.15) is 0 Å². The Labute approximate surface area is 141 Å². The minimum absolute atomic E-state index is 0.00910. The predicted molar refractivity (Wildman–Crippen MR) is 93.5 cm³/mol. The highest BCUT2D eigenvalue weighted by atomic mass is 35.5. The van der Waals surface area contributed by atoms with Gasteiger partial charge in [0.1, 0.15) is 5.82 Å². The van der Waals surface area contributed by atoms with Crippen molar-refractivity contribution in [2.45, 2.75) is 33.2 Å². The summed E-state index contributed by atoms with van der Waals surface area (Å²) < 4.78 is 0. The molecular weight excluding hydrogens is 312 g/mol. The maximum absolute atomic E-state index is 12.0. The fraction of sp³-hybridized carbons (Fsp3) is 0.353. The van der Waals surface area contributed by atoms with E-state index < -0.39 is 0 Å². The van der Waals surface area contributed by atoms with Crippen molar-refractivity contribution in [1.29, 1.82) is 0 Å². The fourth-order valence-electron chi connectivity index (χ4n) is 2.21. The zero-order chi connectivity index (χ0) is 16.7. The third-order valence-corrected chi connectivity index (χ3v) is 4.06. The molecule has 1 amide bonds. The molecule has 23 heavy (non-hydrogen) atoms. The van der Waals surface area contributed by atoms with Crippen molar-refractivity contribution in [3.63, 3.8) is 0 Å². The summed E-state index contributed by atoms with van der Waals surface area (Å²) in [5.41, 5.74) is 0.988. The summed E-state index contributed by atoms with van der Waals surface area (Å²) in [6.45, 7) is 4.57. The summed E-state index contributed by atoms with van der Waals surface area (Å²) in [7, 11) is 0. The number of nitrogens with one attached hydrogen (secondary N) is 2. The molecule has 0 radical (unpaired) electrons. The molecule has 0 saturated carbocycles. The van der Waals surface area contributed by atoms with Gasteiger partial charge in [0, 0.05) is 17.5 Å². The van der Waals surface area contributed by atoms with E-state index in [0.29, 0.717) is 23.2 Å². The van der Waals surface area contributed by atoms with E-state index in [1.807, 2.05) is 38.1 Å². The van der Waals surface area contributed by atoms with Gasteiger partial charge >= 0.3 is 0 Å². The molecule has 1 heterocycles. The van der Waals surface area contributed by atoms with E-state index in [2.05, 4.69) is 20.8 Å².